The molecule has 0 spiro atoms. The summed E-state index contributed by atoms with van der Waals surface area (Å²) >= 11 is 1.83. The van der Waals surface area contributed by atoms with Crippen LogP contribution >= 0.6 is 24.2 Å². The molecule has 2 fully saturated rings. The fourth-order valence-corrected chi connectivity index (χ4v) is 5.32. The Morgan fingerprint density at radius 2 is 1.86 bits per heavy atom. The summed E-state index contributed by atoms with van der Waals surface area (Å²) in [6.45, 7) is 4.28. The molecular formula is C23H29ClN2OS. The average Bonchev–Trinajstić information content (AvgIpc) is 2.99. The van der Waals surface area contributed by atoms with Crippen LogP contribution in [0.15, 0.2) is 47.4 Å². The van der Waals surface area contributed by atoms with Gasteiger partial charge in [0, 0.05) is 34.3 Å². The second-order valence-corrected chi connectivity index (χ2v) is 9.05. The molecule has 150 valence electrons. The van der Waals surface area contributed by atoms with Gasteiger partial charge in [0.05, 0.1) is 0 Å². The standard InChI is InChI=1S/C23H28N2OS.ClH/c1-15-6-9-22(16(2)10-15)27-14-17-4-3-5-18(11-17)23(26)25-21-12-19-7-8-20(13-21)24-19;/h3-6,9-11,19-21,24H,7-8,12-14H2,1-2H3,(H,25,26);1H. The van der Waals surface area contributed by atoms with E-state index in [0.717, 1.165) is 24.2 Å². The van der Waals surface area contributed by atoms with E-state index >= 15 is 0 Å². The molecular weight excluding hydrogens is 388 g/mol. The summed E-state index contributed by atoms with van der Waals surface area (Å²) in [7, 11) is 0. The van der Waals surface area contributed by atoms with Crippen molar-refractivity contribution in [1.29, 1.82) is 0 Å². The Kier molecular flexibility index (Phi) is 7.08. The number of carbonyl (C=O) groups is 1. The summed E-state index contributed by atoms with van der Waals surface area (Å²) in [5.41, 5.74) is 4.58. The van der Waals surface area contributed by atoms with Gasteiger partial charge in [-0.25, -0.2) is 0 Å². The second-order valence-electron chi connectivity index (χ2n) is 8.04. The summed E-state index contributed by atoms with van der Waals surface area (Å²) in [6.07, 6.45) is 4.62. The molecule has 2 N–H and O–H groups in total. The van der Waals surface area contributed by atoms with Crippen LogP contribution in [0.1, 0.15) is 52.7 Å². The van der Waals surface area contributed by atoms with Crippen molar-refractivity contribution in [3.8, 4) is 0 Å². The fraction of sp³-hybridized carbons (Fsp3) is 0.435. The number of benzene rings is 2. The number of nitrogens with one attached hydrogen (secondary N) is 2. The first-order valence-electron chi connectivity index (χ1n) is 9.93. The van der Waals surface area contributed by atoms with E-state index < -0.39 is 0 Å². The van der Waals surface area contributed by atoms with Gasteiger partial charge in [0.15, 0.2) is 0 Å². The lowest BCUT2D eigenvalue weighted by Crippen LogP contribution is -2.48. The average molecular weight is 417 g/mol. The van der Waals surface area contributed by atoms with Crippen molar-refractivity contribution in [2.24, 2.45) is 0 Å². The van der Waals surface area contributed by atoms with Gasteiger partial charge in [-0.3, -0.25) is 4.79 Å². The van der Waals surface area contributed by atoms with Crippen LogP contribution in [0.5, 0.6) is 0 Å². The monoisotopic (exact) mass is 416 g/mol. The Morgan fingerprint density at radius 3 is 2.57 bits per heavy atom. The van der Waals surface area contributed by atoms with E-state index in [0.29, 0.717) is 18.1 Å². The number of halogens is 1. The van der Waals surface area contributed by atoms with Crippen LogP contribution in [0.25, 0.3) is 0 Å². The Hall–Kier alpha value is -1.49. The highest BCUT2D eigenvalue weighted by Gasteiger charge is 2.34. The molecule has 3 nitrogen and oxygen atoms in total. The van der Waals surface area contributed by atoms with Gasteiger partial charge in [0.25, 0.3) is 5.91 Å². The smallest absolute Gasteiger partial charge is 0.251 e. The van der Waals surface area contributed by atoms with E-state index in [-0.39, 0.29) is 18.3 Å². The van der Waals surface area contributed by atoms with Gasteiger partial charge in [-0.2, -0.15) is 0 Å². The van der Waals surface area contributed by atoms with Gasteiger partial charge < -0.3 is 10.6 Å². The third kappa shape index (κ3) is 5.11. The molecule has 2 aromatic carbocycles. The highest BCUT2D eigenvalue weighted by molar-refractivity contribution is 7.98. The zero-order valence-corrected chi connectivity index (χ0v) is 18.2. The summed E-state index contributed by atoms with van der Waals surface area (Å²) < 4.78 is 0. The van der Waals surface area contributed by atoms with E-state index in [1.807, 2.05) is 30.0 Å². The zero-order chi connectivity index (χ0) is 18.8. The van der Waals surface area contributed by atoms with Crippen molar-refractivity contribution in [3.63, 3.8) is 0 Å². The van der Waals surface area contributed by atoms with Gasteiger partial charge in [-0.15, -0.1) is 24.2 Å². The molecule has 0 aromatic heterocycles. The van der Waals surface area contributed by atoms with Gasteiger partial charge in [-0.05, 0) is 68.9 Å². The molecule has 5 heteroatoms. The van der Waals surface area contributed by atoms with Crippen molar-refractivity contribution in [1.82, 2.24) is 10.6 Å². The zero-order valence-electron chi connectivity index (χ0n) is 16.5. The number of hydrogen-bond acceptors (Lipinski definition) is 3. The predicted molar refractivity (Wildman–Crippen MR) is 120 cm³/mol. The summed E-state index contributed by atoms with van der Waals surface area (Å²) in [5, 5.41) is 6.90. The molecule has 0 radical (unpaired) electrons. The highest BCUT2D eigenvalue weighted by atomic mass is 35.5. The molecule has 0 saturated carbocycles. The number of rotatable bonds is 5. The molecule has 28 heavy (non-hydrogen) atoms. The van der Waals surface area contributed by atoms with Crippen molar-refractivity contribution in [2.45, 2.75) is 68.3 Å². The number of hydrogen-bond donors (Lipinski definition) is 2. The lowest BCUT2D eigenvalue weighted by molar-refractivity contribution is 0.0924. The minimum Gasteiger partial charge on any atom is -0.349 e. The number of amides is 1. The van der Waals surface area contributed by atoms with Crippen LogP contribution < -0.4 is 10.6 Å². The summed E-state index contributed by atoms with van der Waals surface area (Å²) in [5.74, 6) is 0.947. The minimum absolute atomic E-state index is 0. The van der Waals surface area contributed by atoms with Crippen LogP contribution in [-0.2, 0) is 5.75 Å². The second kappa shape index (κ2) is 9.34. The Morgan fingerprint density at radius 1 is 1.11 bits per heavy atom. The molecule has 2 atom stereocenters. The number of piperidine rings is 1. The maximum atomic E-state index is 12.7. The van der Waals surface area contributed by atoms with Gasteiger partial charge in [0.2, 0.25) is 0 Å². The third-order valence-corrected chi connectivity index (χ3v) is 6.97. The van der Waals surface area contributed by atoms with Crippen molar-refractivity contribution in [3.05, 3.63) is 64.7 Å². The van der Waals surface area contributed by atoms with E-state index in [2.05, 4.69) is 48.7 Å². The number of aryl methyl sites for hydroxylation is 2. The third-order valence-electron chi connectivity index (χ3n) is 5.72. The number of carbonyl (C=O) groups excluding carboxylic acids is 1. The highest BCUT2D eigenvalue weighted by Crippen LogP contribution is 2.28. The van der Waals surface area contributed by atoms with Crippen molar-refractivity contribution in [2.75, 3.05) is 0 Å². The largest absolute Gasteiger partial charge is 0.349 e. The summed E-state index contributed by atoms with van der Waals surface area (Å²) in [6, 6.07) is 16.1. The lowest BCUT2D eigenvalue weighted by atomic mass is 9.99. The minimum atomic E-state index is 0. The Bertz CT molecular complexity index is 829. The fourth-order valence-electron chi connectivity index (χ4n) is 4.37. The van der Waals surface area contributed by atoms with E-state index in [1.165, 1.54) is 34.4 Å². The molecule has 1 amide bonds. The molecule has 2 unspecified atom stereocenters. The number of fused-ring (bicyclic) bond motifs is 2. The first-order chi connectivity index (χ1) is 13.1. The normalized spacial score (nSPS) is 23.1. The Balaban J connectivity index is 0.00000225. The SMILES string of the molecule is Cc1ccc(SCc2cccc(C(=O)NC3CC4CCC(C3)N4)c2)c(C)c1.Cl. The van der Waals surface area contributed by atoms with E-state index in [4.69, 9.17) is 0 Å². The van der Waals surface area contributed by atoms with Gasteiger partial charge >= 0.3 is 0 Å². The first kappa shape index (κ1) is 21.2. The molecule has 2 aromatic rings. The van der Waals surface area contributed by atoms with Crippen molar-refractivity contribution >= 4 is 30.1 Å². The van der Waals surface area contributed by atoms with Crippen LogP contribution in [0.4, 0.5) is 0 Å². The van der Waals surface area contributed by atoms with E-state index in [9.17, 15) is 4.79 Å². The van der Waals surface area contributed by atoms with E-state index in [1.54, 1.807) is 0 Å². The lowest BCUT2D eigenvalue weighted by Gasteiger charge is -2.29. The van der Waals surface area contributed by atoms with Crippen LogP contribution in [0.2, 0.25) is 0 Å². The van der Waals surface area contributed by atoms with Crippen molar-refractivity contribution < 1.29 is 4.79 Å². The molecule has 2 bridgehead atoms. The first-order valence-corrected chi connectivity index (χ1v) is 10.9. The van der Waals surface area contributed by atoms with Crippen LogP contribution in [0, 0.1) is 13.8 Å². The topological polar surface area (TPSA) is 41.1 Å². The Labute approximate surface area is 178 Å². The number of thioether (sulfide) groups is 1. The molecule has 4 rings (SSSR count). The van der Waals surface area contributed by atoms with Crippen LogP contribution in [0.3, 0.4) is 0 Å². The molecule has 2 saturated heterocycles. The molecule has 0 aliphatic carbocycles. The van der Waals surface area contributed by atoms with Crippen LogP contribution in [-0.4, -0.2) is 24.0 Å². The summed E-state index contributed by atoms with van der Waals surface area (Å²) in [4.78, 5) is 14.0. The maximum Gasteiger partial charge on any atom is 0.251 e. The molecule has 2 aliphatic rings. The predicted octanol–water partition coefficient (Wildman–Crippen LogP) is 5.03. The quantitative estimate of drug-likeness (QED) is 0.671. The van der Waals surface area contributed by atoms with Gasteiger partial charge in [-0.1, -0.05) is 29.8 Å². The molecule has 2 aliphatic heterocycles. The maximum absolute atomic E-state index is 12.7. The molecule has 2 heterocycles. The van der Waals surface area contributed by atoms with Gasteiger partial charge in [0.1, 0.15) is 0 Å².